The highest BCUT2D eigenvalue weighted by Crippen LogP contribution is 2.34. The van der Waals surface area contributed by atoms with Crippen molar-refractivity contribution in [3.05, 3.63) is 27.6 Å². The largest absolute Gasteiger partial charge is 0.334 e. The summed E-state index contributed by atoms with van der Waals surface area (Å²) in [5.74, 6) is -0.194. The molecule has 4 nitrogen and oxygen atoms in total. The van der Waals surface area contributed by atoms with Crippen molar-refractivity contribution in [3.63, 3.8) is 0 Å². The van der Waals surface area contributed by atoms with Crippen molar-refractivity contribution in [2.75, 3.05) is 0 Å². The molecular weight excluding hydrogens is 305 g/mol. The summed E-state index contributed by atoms with van der Waals surface area (Å²) in [7, 11) is 0. The Labute approximate surface area is 101 Å². The van der Waals surface area contributed by atoms with Gasteiger partial charge in [-0.25, -0.2) is 0 Å². The highest BCUT2D eigenvalue weighted by Gasteiger charge is 2.44. The zero-order valence-corrected chi connectivity index (χ0v) is 9.98. The minimum atomic E-state index is -0.608. The van der Waals surface area contributed by atoms with Crippen LogP contribution in [0.1, 0.15) is 23.2 Å². The molecule has 1 aliphatic carbocycles. The van der Waals surface area contributed by atoms with Gasteiger partial charge < -0.3 is 5.32 Å². The maximum Gasteiger partial charge on any atom is 0.253 e. The lowest BCUT2D eigenvalue weighted by atomic mass is 10.2. The molecule has 1 aromatic heterocycles. The molecule has 0 bridgehead atoms. The maximum atomic E-state index is 11.8. The molecule has 76 valence electrons. The number of hydrogen-bond donors (Lipinski definition) is 1. The normalized spacial score (nSPS) is 16.5. The lowest BCUT2D eigenvalue weighted by Crippen LogP contribution is -2.35. The van der Waals surface area contributed by atoms with Crippen LogP contribution in [0.2, 0.25) is 0 Å². The van der Waals surface area contributed by atoms with E-state index >= 15 is 0 Å². The Kier molecular flexibility index (Phi) is 2.61. The van der Waals surface area contributed by atoms with Gasteiger partial charge in [-0.15, -0.1) is 0 Å². The van der Waals surface area contributed by atoms with Crippen molar-refractivity contribution in [1.82, 2.24) is 10.3 Å². The number of aromatic nitrogens is 1. The van der Waals surface area contributed by atoms with Gasteiger partial charge >= 0.3 is 0 Å². The number of hydrogen-bond acceptors (Lipinski definition) is 3. The third-order valence-corrected chi connectivity index (χ3v) is 3.19. The van der Waals surface area contributed by atoms with Gasteiger partial charge in [-0.05, 0) is 41.5 Å². The van der Waals surface area contributed by atoms with Crippen molar-refractivity contribution in [1.29, 1.82) is 5.26 Å². The van der Waals surface area contributed by atoms with Crippen LogP contribution in [-0.4, -0.2) is 16.4 Å². The average Bonchev–Trinajstić information content (AvgIpc) is 2.99. The Hall–Kier alpha value is -1.16. The number of carbonyl (C=O) groups is 1. The third-order valence-electron chi connectivity index (χ3n) is 2.33. The molecule has 2 rings (SSSR count). The number of nitrogens with one attached hydrogen (secondary N) is 1. The van der Waals surface area contributed by atoms with Crippen LogP contribution in [0.4, 0.5) is 0 Å². The van der Waals surface area contributed by atoms with Crippen LogP contribution >= 0.6 is 22.6 Å². The van der Waals surface area contributed by atoms with E-state index in [4.69, 9.17) is 5.26 Å². The number of nitriles is 1. The molecule has 1 aliphatic rings. The fourth-order valence-electron chi connectivity index (χ4n) is 1.23. The fraction of sp³-hybridized carbons (Fsp3) is 0.300. The summed E-state index contributed by atoms with van der Waals surface area (Å²) < 4.78 is 0.793. The van der Waals surface area contributed by atoms with Gasteiger partial charge in [0.25, 0.3) is 5.91 Å². The topological polar surface area (TPSA) is 65.8 Å². The minimum absolute atomic E-state index is 0.194. The van der Waals surface area contributed by atoms with E-state index in [9.17, 15) is 4.79 Å². The molecule has 0 unspecified atom stereocenters. The van der Waals surface area contributed by atoms with E-state index in [1.54, 1.807) is 18.5 Å². The molecule has 0 aliphatic heterocycles. The summed E-state index contributed by atoms with van der Waals surface area (Å²) >= 11 is 2.05. The van der Waals surface area contributed by atoms with Crippen molar-refractivity contribution >= 4 is 28.5 Å². The van der Waals surface area contributed by atoms with Gasteiger partial charge in [0, 0.05) is 16.0 Å². The fourth-order valence-corrected chi connectivity index (χ4v) is 1.82. The lowest BCUT2D eigenvalue weighted by molar-refractivity contribution is 0.0940. The van der Waals surface area contributed by atoms with Gasteiger partial charge in [-0.1, -0.05) is 0 Å². The van der Waals surface area contributed by atoms with Crippen molar-refractivity contribution in [2.24, 2.45) is 0 Å². The number of halogens is 1. The molecule has 1 saturated carbocycles. The SMILES string of the molecule is N#CC1(NC(=O)c2ccncc2I)CC1. The molecule has 0 saturated heterocycles. The van der Waals surface area contributed by atoms with E-state index in [2.05, 4.69) is 39.0 Å². The van der Waals surface area contributed by atoms with Crippen molar-refractivity contribution < 1.29 is 4.79 Å². The van der Waals surface area contributed by atoms with Crippen LogP contribution in [-0.2, 0) is 0 Å². The van der Waals surface area contributed by atoms with Gasteiger partial charge in [0.15, 0.2) is 0 Å². The number of rotatable bonds is 2. The number of amides is 1. The highest BCUT2D eigenvalue weighted by molar-refractivity contribution is 14.1. The second-order valence-corrected chi connectivity index (χ2v) is 4.67. The zero-order chi connectivity index (χ0) is 10.9. The first-order valence-electron chi connectivity index (χ1n) is 4.50. The van der Waals surface area contributed by atoms with Crippen LogP contribution < -0.4 is 5.32 Å². The van der Waals surface area contributed by atoms with Crippen molar-refractivity contribution in [2.45, 2.75) is 18.4 Å². The predicted octanol–water partition coefficient (Wildman–Crippen LogP) is 1.47. The second-order valence-electron chi connectivity index (χ2n) is 3.50. The van der Waals surface area contributed by atoms with E-state index in [0.717, 1.165) is 16.4 Å². The summed E-state index contributed by atoms with van der Waals surface area (Å²) in [6.45, 7) is 0. The molecular formula is C10H8IN3O. The van der Waals surface area contributed by atoms with Gasteiger partial charge in [0.1, 0.15) is 5.54 Å². The summed E-state index contributed by atoms with van der Waals surface area (Å²) in [4.78, 5) is 15.7. The summed E-state index contributed by atoms with van der Waals surface area (Å²) in [6, 6.07) is 3.78. The zero-order valence-electron chi connectivity index (χ0n) is 7.83. The van der Waals surface area contributed by atoms with Crippen molar-refractivity contribution in [3.8, 4) is 6.07 Å². The molecule has 0 atom stereocenters. The minimum Gasteiger partial charge on any atom is -0.334 e. The summed E-state index contributed by atoms with van der Waals surface area (Å²) in [5, 5.41) is 11.6. The standard InChI is InChI=1S/C10H8IN3O/c11-8-5-13-4-1-7(8)9(15)14-10(6-12)2-3-10/h1,4-5H,2-3H2,(H,14,15). The van der Waals surface area contributed by atoms with Crippen LogP contribution in [0.5, 0.6) is 0 Å². The first kappa shape index (κ1) is 10.4. The smallest absolute Gasteiger partial charge is 0.253 e. The molecule has 1 amide bonds. The Morgan fingerprint density at radius 3 is 2.93 bits per heavy atom. The van der Waals surface area contributed by atoms with Crippen LogP contribution in [0.25, 0.3) is 0 Å². The molecule has 0 spiro atoms. The van der Waals surface area contributed by atoms with Crippen LogP contribution in [0.3, 0.4) is 0 Å². The van der Waals surface area contributed by atoms with Gasteiger partial charge in [-0.2, -0.15) is 5.26 Å². The summed E-state index contributed by atoms with van der Waals surface area (Å²) in [6.07, 6.45) is 4.69. The molecule has 15 heavy (non-hydrogen) atoms. The molecule has 1 heterocycles. The van der Waals surface area contributed by atoms with Gasteiger partial charge in [0.2, 0.25) is 0 Å². The Morgan fingerprint density at radius 1 is 1.67 bits per heavy atom. The Morgan fingerprint density at radius 2 is 2.40 bits per heavy atom. The molecule has 0 aromatic carbocycles. The maximum absolute atomic E-state index is 11.8. The van der Waals surface area contributed by atoms with Crippen LogP contribution in [0.15, 0.2) is 18.5 Å². The molecule has 1 aromatic rings. The van der Waals surface area contributed by atoms with Gasteiger partial charge in [-0.3, -0.25) is 9.78 Å². The monoisotopic (exact) mass is 313 g/mol. The predicted molar refractivity (Wildman–Crippen MR) is 62.0 cm³/mol. The molecule has 5 heteroatoms. The number of pyridine rings is 1. The van der Waals surface area contributed by atoms with Gasteiger partial charge in [0.05, 0.1) is 11.6 Å². The average molecular weight is 313 g/mol. The van der Waals surface area contributed by atoms with E-state index in [1.165, 1.54) is 0 Å². The van der Waals surface area contributed by atoms with E-state index < -0.39 is 5.54 Å². The first-order valence-corrected chi connectivity index (χ1v) is 5.58. The molecule has 0 radical (unpaired) electrons. The second kappa shape index (κ2) is 3.77. The third kappa shape index (κ3) is 2.09. The summed E-state index contributed by atoms with van der Waals surface area (Å²) in [5.41, 5.74) is -0.0317. The molecule has 1 fully saturated rings. The first-order chi connectivity index (χ1) is 7.17. The number of carbonyl (C=O) groups excluding carboxylic acids is 1. The van der Waals surface area contributed by atoms with E-state index in [-0.39, 0.29) is 5.91 Å². The lowest BCUT2D eigenvalue weighted by Gasteiger charge is -2.09. The quantitative estimate of drug-likeness (QED) is 0.841. The number of nitrogens with zero attached hydrogens (tertiary/aromatic N) is 2. The van der Waals surface area contributed by atoms with Crippen LogP contribution in [0, 0.1) is 14.9 Å². The van der Waals surface area contributed by atoms with E-state index in [1.807, 2.05) is 0 Å². The molecule has 1 N–H and O–H groups in total. The Bertz CT molecular complexity index is 448. The van der Waals surface area contributed by atoms with E-state index in [0.29, 0.717) is 5.56 Å². The highest BCUT2D eigenvalue weighted by atomic mass is 127. The Balaban J connectivity index is 2.16.